The molecule has 2 heterocycles. The van der Waals surface area contributed by atoms with E-state index in [1.54, 1.807) is 11.3 Å². The van der Waals surface area contributed by atoms with Crippen LogP contribution in [0.4, 0.5) is 0 Å². The first-order chi connectivity index (χ1) is 6.70. The molecule has 4 heteroatoms. The highest BCUT2D eigenvalue weighted by molar-refractivity contribution is 7.16. The Morgan fingerprint density at radius 1 is 1.36 bits per heavy atom. The predicted molar refractivity (Wildman–Crippen MR) is 62.8 cm³/mol. The van der Waals surface area contributed by atoms with Gasteiger partial charge < -0.3 is 5.73 Å². The van der Waals surface area contributed by atoms with Crippen molar-refractivity contribution in [2.24, 2.45) is 5.73 Å². The zero-order valence-electron chi connectivity index (χ0n) is 8.20. The quantitative estimate of drug-likeness (QED) is 0.851. The minimum Gasteiger partial charge on any atom is -0.326 e. The summed E-state index contributed by atoms with van der Waals surface area (Å²) in [6, 6.07) is 2.19. The van der Waals surface area contributed by atoms with Crippen molar-refractivity contribution in [3.05, 3.63) is 26.9 Å². The van der Waals surface area contributed by atoms with E-state index in [1.807, 2.05) is 17.5 Å². The van der Waals surface area contributed by atoms with Crippen LogP contribution in [0.2, 0.25) is 0 Å². The summed E-state index contributed by atoms with van der Waals surface area (Å²) >= 11 is 3.50. The Hall–Kier alpha value is -0.710. The number of hydrogen-bond donors (Lipinski definition) is 1. The molecule has 2 aromatic rings. The summed E-state index contributed by atoms with van der Waals surface area (Å²) in [6.07, 6.45) is 1.87. The van der Waals surface area contributed by atoms with Gasteiger partial charge >= 0.3 is 0 Å². The maximum atomic E-state index is 5.56. The third-order valence-corrected chi connectivity index (χ3v) is 4.04. The van der Waals surface area contributed by atoms with Gasteiger partial charge in [-0.1, -0.05) is 0 Å². The highest BCUT2D eigenvalue weighted by Crippen LogP contribution is 2.32. The normalized spacial score (nSPS) is 10.8. The number of thiazole rings is 1. The van der Waals surface area contributed by atoms with Gasteiger partial charge in [0.25, 0.3) is 0 Å². The molecule has 2 nitrogen and oxygen atoms in total. The fourth-order valence-corrected chi connectivity index (χ4v) is 3.22. The van der Waals surface area contributed by atoms with E-state index in [0.717, 1.165) is 9.88 Å². The van der Waals surface area contributed by atoms with E-state index in [-0.39, 0.29) is 0 Å². The standard InChI is InChI=1S/C10H12N2S2/c1-6-3-9(7(2)13-6)10-12-5-8(4-11)14-10/h3,5H,4,11H2,1-2H3. The Labute approximate surface area is 91.4 Å². The van der Waals surface area contributed by atoms with E-state index in [1.165, 1.54) is 15.3 Å². The summed E-state index contributed by atoms with van der Waals surface area (Å²) in [6.45, 7) is 4.84. The number of nitrogens with two attached hydrogens (primary N) is 1. The molecular formula is C10H12N2S2. The number of rotatable bonds is 2. The summed E-state index contributed by atoms with van der Waals surface area (Å²) < 4.78 is 0. The summed E-state index contributed by atoms with van der Waals surface area (Å²) in [5.41, 5.74) is 6.82. The first-order valence-electron chi connectivity index (χ1n) is 4.43. The van der Waals surface area contributed by atoms with Crippen molar-refractivity contribution < 1.29 is 0 Å². The molecule has 0 saturated carbocycles. The molecule has 2 aromatic heterocycles. The monoisotopic (exact) mass is 224 g/mol. The van der Waals surface area contributed by atoms with Crippen LogP contribution in [0, 0.1) is 13.8 Å². The fraction of sp³-hybridized carbons (Fsp3) is 0.300. The zero-order chi connectivity index (χ0) is 10.1. The van der Waals surface area contributed by atoms with Crippen LogP contribution in [0.25, 0.3) is 10.6 Å². The Bertz CT molecular complexity index is 443. The molecule has 0 aliphatic heterocycles. The molecule has 0 radical (unpaired) electrons. The van der Waals surface area contributed by atoms with Crippen molar-refractivity contribution in [1.82, 2.24) is 4.98 Å². The molecule has 0 aromatic carbocycles. The lowest BCUT2D eigenvalue weighted by Gasteiger charge is -1.91. The maximum absolute atomic E-state index is 5.56. The summed E-state index contributed by atoms with van der Waals surface area (Å²) in [5, 5.41) is 1.09. The smallest absolute Gasteiger partial charge is 0.124 e. The van der Waals surface area contributed by atoms with Gasteiger partial charge in [0.15, 0.2) is 0 Å². The van der Waals surface area contributed by atoms with Gasteiger partial charge in [0.2, 0.25) is 0 Å². The molecule has 0 aliphatic carbocycles. The van der Waals surface area contributed by atoms with Crippen LogP contribution >= 0.6 is 22.7 Å². The van der Waals surface area contributed by atoms with Crippen molar-refractivity contribution >= 4 is 22.7 Å². The molecule has 0 amide bonds. The minimum absolute atomic E-state index is 0.583. The molecule has 0 unspecified atom stereocenters. The van der Waals surface area contributed by atoms with Crippen LogP contribution in [-0.2, 0) is 6.54 Å². The van der Waals surface area contributed by atoms with E-state index < -0.39 is 0 Å². The third-order valence-electron chi connectivity index (χ3n) is 2.03. The highest BCUT2D eigenvalue weighted by Gasteiger charge is 2.09. The van der Waals surface area contributed by atoms with E-state index in [0.29, 0.717) is 6.54 Å². The van der Waals surface area contributed by atoms with Crippen LogP contribution in [0.15, 0.2) is 12.3 Å². The van der Waals surface area contributed by atoms with Crippen molar-refractivity contribution in [3.8, 4) is 10.6 Å². The fourth-order valence-electron chi connectivity index (χ4n) is 1.37. The van der Waals surface area contributed by atoms with Gasteiger partial charge in [0.05, 0.1) is 0 Å². The van der Waals surface area contributed by atoms with Crippen LogP contribution in [-0.4, -0.2) is 4.98 Å². The Morgan fingerprint density at radius 3 is 2.64 bits per heavy atom. The second-order valence-corrected chi connectivity index (χ2v) is 5.74. The molecule has 0 spiro atoms. The van der Waals surface area contributed by atoms with Crippen molar-refractivity contribution in [3.63, 3.8) is 0 Å². The molecule has 74 valence electrons. The Morgan fingerprint density at radius 2 is 2.14 bits per heavy atom. The lowest BCUT2D eigenvalue weighted by molar-refractivity contribution is 1.10. The van der Waals surface area contributed by atoms with Crippen LogP contribution in [0.1, 0.15) is 14.6 Å². The topological polar surface area (TPSA) is 38.9 Å². The van der Waals surface area contributed by atoms with Gasteiger partial charge in [-0.2, -0.15) is 0 Å². The van der Waals surface area contributed by atoms with Gasteiger partial charge in [-0.15, -0.1) is 22.7 Å². The number of thiophene rings is 1. The minimum atomic E-state index is 0.583. The number of hydrogen-bond acceptors (Lipinski definition) is 4. The lowest BCUT2D eigenvalue weighted by atomic mass is 10.2. The molecule has 0 saturated heterocycles. The molecule has 14 heavy (non-hydrogen) atoms. The summed E-state index contributed by atoms with van der Waals surface area (Å²) in [4.78, 5) is 8.19. The average molecular weight is 224 g/mol. The zero-order valence-corrected chi connectivity index (χ0v) is 9.84. The van der Waals surface area contributed by atoms with Crippen LogP contribution in [0.3, 0.4) is 0 Å². The van der Waals surface area contributed by atoms with Crippen molar-refractivity contribution in [1.29, 1.82) is 0 Å². The lowest BCUT2D eigenvalue weighted by Crippen LogP contribution is -1.91. The summed E-state index contributed by atoms with van der Waals surface area (Å²) in [5.74, 6) is 0. The molecular weight excluding hydrogens is 212 g/mol. The summed E-state index contributed by atoms with van der Waals surface area (Å²) in [7, 11) is 0. The van der Waals surface area contributed by atoms with Crippen LogP contribution in [0.5, 0.6) is 0 Å². The van der Waals surface area contributed by atoms with Gasteiger partial charge in [0, 0.05) is 32.9 Å². The second kappa shape index (κ2) is 3.81. The van der Waals surface area contributed by atoms with E-state index in [4.69, 9.17) is 5.73 Å². The molecule has 0 aliphatic rings. The first kappa shape index (κ1) is 9.83. The number of nitrogens with zero attached hydrogens (tertiary/aromatic N) is 1. The van der Waals surface area contributed by atoms with E-state index >= 15 is 0 Å². The van der Waals surface area contributed by atoms with Gasteiger partial charge in [-0.25, -0.2) is 4.98 Å². The average Bonchev–Trinajstić information content (AvgIpc) is 2.71. The third kappa shape index (κ3) is 1.73. The number of aromatic nitrogens is 1. The second-order valence-electron chi connectivity index (χ2n) is 3.16. The van der Waals surface area contributed by atoms with Gasteiger partial charge in [-0.05, 0) is 19.9 Å². The van der Waals surface area contributed by atoms with Crippen LogP contribution < -0.4 is 5.73 Å². The molecule has 0 atom stereocenters. The Kier molecular flexibility index (Phi) is 2.67. The molecule has 0 fully saturated rings. The molecule has 0 bridgehead atoms. The van der Waals surface area contributed by atoms with E-state index in [9.17, 15) is 0 Å². The predicted octanol–water partition coefficient (Wildman–Crippen LogP) is 2.95. The molecule has 2 N–H and O–H groups in total. The van der Waals surface area contributed by atoms with Gasteiger partial charge in [-0.3, -0.25) is 0 Å². The highest BCUT2D eigenvalue weighted by atomic mass is 32.1. The largest absolute Gasteiger partial charge is 0.326 e. The maximum Gasteiger partial charge on any atom is 0.124 e. The number of aryl methyl sites for hydroxylation is 2. The Balaban J connectivity index is 2.43. The van der Waals surface area contributed by atoms with Gasteiger partial charge in [0.1, 0.15) is 5.01 Å². The van der Waals surface area contributed by atoms with E-state index in [2.05, 4.69) is 24.9 Å². The molecule has 2 rings (SSSR count). The van der Waals surface area contributed by atoms with Crippen molar-refractivity contribution in [2.45, 2.75) is 20.4 Å². The first-order valence-corrected chi connectivity index (χ1v) is 6.06. The SMILES string of the molecule is Cc1cc(-c2ncc(CN)s2)c(C)s1. The van der Waals surface area contributed by atoms with Crippen molar-refractivity contribution in [2.75, 3.05) is 0 Å².